The van der Waals surface area contributed by atoms with Crippen molar-refractivity contribution in [3.63, 3.8) is 0 Å². The van der Waals surface area contributed by atoms with Crippen LogP contribution in [0.4, 0.5) is 0 Å². The average Bonchev–Trinajstić information content (AvgIpc) is 2.35. The third kappa shape index (κ3) is 0.564. The van der Waals surface area contributed by atoms with E-state index in [2.05, 4.69) is 15.4 Å². The predicted molar refractivity (Wildman–Crippen MR) is 31.6 cm³/mol. The largest absolute Gasteiger partial charge is 0.323 e. The highest BCUT2D eigenvalue weighted by Gasteiger charge is 2.22. The van der Waals surface area contributed by atoms with Crippen LogP contribution in [0.5, 0.6) is 0 Å². The predicted octanol–water partition coefficient (Wildman–Crippen LogP) is -0.249. The van der Waals surface area contributed by atoms with Gasteiger partial charge in [-0.15, -0.1) is 0 Å². The van der Waals surface area contributed by atoms with Crippen molar-refractivity contribution in [1.29, 1.82) is 0 Å². The molecule has 0 bridgehead atoms. The molecule has 1 aromatic rings. The van der Waals surface area contributed by atoms with Crippen LogP contribution in [0.1, 0.15) is 23.9 Å². The third-order valence-electron chi connectivity index (χ3n) is 1.69. The summed E-state index contributed by atoms with van der Waals surface area (Å²) in [4.78, 5) is 0. The van der Waals surface area contributed by atoms with Gasteiger partial charge >= 0.3 is 0 Å². The van der Waals surface area contributed by atoms with E-state index in [9.17, 15) is 0 Å². The molecule has 0 saturated carbocycles. The number of hydrogen-bond acceptors (Lipinski definition) is 3. The van der Waals surface area contributed by atoms with E-state index in [1.807, 2.05) is 0 Å². The lowest BCUT2D eigenvalue weighted by Crippen LogP contribution is -2.05. The van der Waals surface area contributed by atoms with Crippen molar-refractivity contribution in [2.75, 3.05) is 0 Å². The van der Waals surface area contributed by atoms with Crippen molar-refractivity contribution in [3.8, 4) is 0 Å². The number of nitrogens with zero attached hydrogens (tertiary/aromatic N) is 2. The Morgan fingerprint density at radius 2 is 2.44 bits per heavy atom. The fraction of sp³-hybridized carbons (Fsp3) is 0.600. The summed E-state index contributed by atoms with van der Waals surface area (Å²) in [5, 5.41) is 10.4. The molecule has 0 saturated heterocycles. The molecule has 2 rings (SSSR count). The lowest BCUT2D eigenvalue weighted by Gasteiger charge is -1.94. The summed E-state index contributed by atoms with van der Waals surface area (Å²) < 4.78 is 0. The first-order valence-electron chi connectivity index (χ1n) is 3.03. The van der Waals surface area contributed by atoms with Crippen LogP contribution in [0.3, 0.4) is 0 Å². The highest BCUT2D eigenvalue weighted by atomic mass is 15.3. The molecule has 4 heteroatoms. The molecule has 1 aliphatic carbocycles. The Hall–Kier alpha value is -0.900. The number of nitrogens with two attached hydrogens (primary N) is 1. The van der Waals surface area contributed by atoms with Gasteiger partial charge in [0, 0.05) is 0 Å². The van der Waals surface area contributed by atoms with Crippen LogP contribution in [-0.2, 0) is 6.42 Å². The lowest BCUT2D eigenvalue weighted by atomic mass is 10.3. The average molecular weight is 124 g/mol. The summed E-state index contributed by atoms with van der Waals surface area (Å²) in [6, 6.07) is 0.124. The number of aryl methyl sites for hydroxylation is 1. The fourth-order valence-corrected chi connectivity index (χ4v) is 1.17. The topological polar surface area (TPSA) is 67.6 Å². The maximum atomic E-state index is 5.67. The van der Waals surface area contributed by atoms with Crippen molar-refractivity contribution in [1.82, 2.24) is 15.4 Å². The zero-order chi connectivity index (χ0) is 6.27. The summed E-state index contributed by atoms with van der Waals surface area (Å²) in [7, 11) is 0. The number of hydrogen-bond donors (Lipinski definition) is 2. The molecule has 0 aromatic carbocycles. The van der Waals surface area contributed by atoms with Crippen molar-refractivity contribution >= 4 is 0 Å². The molecule has 0 fully saturated rings. The minimum absolute atomic E-state index is 0.124. The van der Waals surface area contributed by atoms with Gasteiger partial charge in [-0.1, -0.05) is 0 Å². The molecule has 1 heterocycles. The van der Waals surface area contributed by atoms with Gasteiger partial charge in [-0.05, 0) is 12.8 Å². The Morgan fingerprint density at radius 1 is 1.56 bits per heavy atom. The molecule has 1 aliphatic rings. The molecule has 1 aromatic heterocycles. The van der Waals surface area contributed by atoms with Gasteiger partial charge in [0.25, 0.3) is 0 Å². The quantitative estimate of drug-likeness (QED) is 0.501. The van der Waals surface area contributed by atoms with Crippen LogP contribution in [0.25, 0.3) is 0 Å². The van der Waals surface area contributed by atoms with Crippen LogP contribution in [-0.4, -0.2) is 15.4 Å². The monoisotopic (exact) mass is 124 g/mol. The van der Waals surface area contributed by atoms with Crippen molar-refractivity contribution in [3.05, 3.63) is 11.4 Å². The van der Waals surface area contributed by atoms with E-state index in [1.165, 1.54) is 0 Å². The zero-order valence-corrected chi connectivity index (χ0v) is 4.96. The van der Waals surface area contributed by atoms with Crippen LogP contribution in [0, 0.1) is 0 Å². The standard InChI is InChI=1S/C5H8N4/c6-3-1-2-4-5(3)8-9-7-4/h3H,1-2,6H2,(H,7,8,9). The van der Waals surface area contributed by atoms with Gasteiger partial charge in [0.1, 0.15) is 5.69 Å². The van der Waals surface area contributed by atoms with Crippen molar-refractivity contribution in [2.24, 2.45) is 5.73 Å². The maximum Gasteiger partial charge on any atom is 0.102 e. The van der Waals surface area contributed by atoms with E-state index < -0.39 is 0 Å². The fourth-order valence-electron chi connectivity index (χ4n) is 1.17. The Morgan fingerprint density at radius 3 is 3.22 bits per heavy atom. The number of rotatable bonds is 0. The van der Waals surface area contributed by atoms with E-state index in [0.717, 1.165) is 24.2 Å². The second-order valence-corrected chi connectivity index (χ2v) is 2.30. The highest BCUT2D eigenvalue weighted by Crippen LogP contribution is 2.24. The molecular formula is C5H8N4. The number of aromatic amines is 1. The van der Waals surface area contributed by atoms with Crippen LogP contribution < -0.4 is 5.73 Å². The van der Waals surface area contributed by atoms with E-state index >= 15 is 0 Å². The molecule has 4 nitrogen and oxygen atoms in total. The first kappa shape index (κ1) is 4.93. The van der Waals surface area contributed by atoms with Gasteiger partial charge in [0.2, 0.25) is 0 Å². The van der Waals surface area contributed by atoms with Gasteiger partial charge in [-0.25, -0.2) is 0 Å². The van der Waals surface area contributed by atoms with Crippen LogP contribution >= 0.6 is 0 Å². The van der Waals surface area contributed by atoms with E-state index in [-0.39, 0.29) is 6.04 Å². The Balaban J connectivity index is 2.49. The molecule has 1 unspecified atom stereocenters. The summed E-state index contributed by atoms with van der Waals surface area (Å²) >= 11 is 0. The minimum Gasteiger partial charge on any atom is -0.323 e. The molecule has 3 N–H and O–H groups in total. The third-order valence-corrected chi connectivity index (χ3v) is 1.69. The molecule has 9 heavy (non-hydrogen) atoms. The summed E-state index contributed by atoms with van der Waals surface area (Å²) in [5.74, 6) is 0. The summed E-state index contributed by atoms with van der Waals surface area (Å²) in [5.41, 5.74) is 7.67. The molecule has 0 amide bonds. The van der Waals surface area contributed by atoms with Gasteiger partial charge in [-0.2, -0.15) is 15.4 Å². The summed E-state index contributed by atoms with van der Waals surface area (Å²) in [6.07, 6.45) is 1.98. The van der Waals surface area contributed by atoms with Crippen LogP contribution in [0.15, 0.2) is 0 Å². The normalized spacial score (nSPS) is 24.3. The van der Waals surface area contributed by atoms with E-state index in [4.69, 9.17) is 5.73 Å². The number of nitrogens with one attached hydrogen (secondary N) is 1. The van der Waals surface area contributed by atoms with Crippen molar-refractivity contribution < 1.29 is 0 Å². The Kier molecular flexibility index (Phi) is 0.843. The second kappa shape index (κ2) is 1.54. The number of H-pyrrole nitrogens is 1. The zero-order valence-electron chi connectivity index (χ0n) is 4.96. The molecule has 0 radical (unpaired) electrons. The van der Waals surface area contributed by atoms with Gasteiger partial charge in [0.15, 0.2) is 0 Å². The lowest BCUT2D eigenvalue weighted by molar-refractivity contribution is 0.673. The molecule has 48 valence electrons. The highest BCUT2D eigenvalue weighted by molar-refractivity contribution is 5.18. The van der Waals surface area contributed by atoms with Crippen molar-refractivity contribution in [2.45, 2.75) is 18.9 Å². The molecule has 1 atom stereocenters. The minimum atomic E-state index is 0.124. The Labute approximate surface area is 52.4 Å². The number of aromatic nitrogens is 3. The van der Waals surface area contributed by atoms with Gasteiger partial charge in [0.05, 0.1) is 11.7 Å². The maximum absolute atomic E-state index is 5.67. The van der Waals surface area contributed by atoms with Gasteiger partial charge < -0.3 is 5.73 Å². The molecule has 0 spiro atoms. The molecular weight excluding hydrogens is 116 g/mol. The molecule has 0 aliphatic heterocycles. The van der Waals surface area contributed by atoms with Gasteiger partial charge in [-0.3, -0.25) is 0 Å². The SMILES string of the molecule is NC1CCc2n[nH]nc21. The van der Waals surface area contributed by atoms with E-state index in [1.54, 1.807) is 0 Å². The second-order valence-electron chi connectivity index (χ2n) is 2.30. The number of fused-ring (bicyclic) bond motifs is 1. The smallest absolute Gasteiger partial charge is 0.102 e. The first-order chi connectivity index (χ1) is 4.38. The Bertz CT molecular complexity index is 216. The van der Waals surface area contributed by atoms with Crippen LogP contribution in [0.2, 0.25) is 0 Å². The first-order valence-corrected chi connectivity index (χ1v) is 3.03. The van der Waals surface area contributed by atoms with E-state index in [0.29, 0.717) is 0 Å². The summed E-state index contributed by atoms with van der Waals surface area (Å²) in [6.45, 7) is 0.